The number of hydrogen-bond donors (Lipinski definition) is 2. The smallest absolute Gasteiger partial charge is 0.251 e. The number of amides is 2. The van der Waals surface area contributed by atoms with E-state index in [2.05, 4.69) is 39.8 Å². The van der Waals surface area contributed by atoms with Crippen LogP contribution in [0.2, 0.25) is 0 Å². The van der Waals surface area contributed by atoms with Gasteiger partial charge in [0.1, 0.15) is 0 Å². The minimum atomic E-state index is -0.105. The SMILES string of the molecule is C[C@H]1Sc2ccc(C(=O)N[C@@H]3CCN(Cc4ccccc4)C3)cc2NC1=O. The molecular formula is C21H23N3O2S. The predicted molar refractivity (Wildman–Crippen MR) is 108 cm³/mol. The summed E-state index contributed by atoms with van der Waals surface area (Å²) in [6.45, 7) is 4.63. The zero-order valence-corrected chi connectivity index (χ0v) is 16.1. The van der Waals surface area contributed by atoms with Gasteiger partial charge in [0.15, 0.2) is 0 Å². The van der Waals surface area contributed by atoms with Crippen molar-refractivity contribution >= 4 is 29.3 Å². The highest BCUT2D eigenvalue weighted by molar-refractivity contribution is 8.00. The third-order valence-electron chi connectivity index (χ3n) is 5.03. The number of carbonyl (C=O) groups excluding carboxylic acids is 2. The van der Waals surface area contributed by atoms with Gasteiger partial charge in [-0.15, -0.1) is 11.8 Å². The monoisotopic (exact) mass is 381 g/mol. The average Bonchev–Trinajstić information content (AvgIpc) is 3.10. The topological polar surface area (TPSA) is 61.4 Å². The van der Waals surface area contributed by atoms with Crippen molar-refractivity contribution in [3.8, 4) is 0 Å². The molecule has 0 spiro atoms. The molecule has 2 N–H and O–H groups in total. The molecule has 2 heterocycles. The van der Waals surface area contributed by atoms with Crippen LogP contribution in [-0.2, 0) is 11.3 Å². The lowest BCUT2D eigenvalue weighted by Gasteiger charge is -2.22. The van der Waals surface area contributed by atoms with Crippen molar-refractivity contribution in [3.63, 3.8) is 0 Å². The number of likely N-dealkylation sites (tertiary alicyclic amines) is 1. The Kier molecular flexibility index (Phi) is 5.18. The summed E-state index contributed by atoms with van der Waals surface area (Å²) in [6.07, 6.45) is 0.952. The van der Waals surface area contributed by atoms with Crippen LogP contribution in [0.4, 0.5) is 5.69 Å². The first kappa shape index (κ1) is 18.1. The molecule has 27 heavy (non-hydrogen) atoms. The summed E-state index contributed by atoms with van der Waals surface area (Å²) in [5, 5.41) is 5.92. The molecule has 1 saturated heterocycles. The molecule has 140 valence electrons. The largest absolute Gasteiger partial charge is 0.348 e. The van der Waals surface area contributed by atoms with Gasteiger partial charge in [0, 0.05) is 36.1 Å². The van der Waals surface area contributed by atoms with Gasteiger partial charge in [-0.1, -0.05) is 30.3 Å². The fraction of sp³-hybridized carbons (Fsp3) is 0.333. The Labute approximate surface area is 163 Å². The van der Waals surface area contributed by atoms with Crippen LogP contribution in [-0.4, -0.2) is 41.1 Å². The van der Waals surface area contributed by atoms with Crippen LogP contribution in [0, 0.1) is 0 Å². The molecular weight excluding hydrogens is 358 g/mol. The fourth-order valence-electron chi connectivity index (χ4n) is 3.55. The maximum absolute atomic E-state index is 12.6. The fourth-order valence-corrected chi connectivity index (χ4v) is 4.48. The lowest BCUT2D eigenvalue weighted by molar-refractivity contribution is -0.115. The zero-order chi connectivity index (χ0) is 18.8. The van der Waals surface area contributed by atoms with E-state index in [0.29, 0.717) is 5.56 Å². The Balaban J connectivity index is 1.36. The predicted octanol–water partition coefficient (Wildman–Crippen LogP) is 3.12. The van der Waals surface area contributed by atoms with E-state index >= 15 is 0 Å². The summed E-state index contributed by atoms with van der Waals surface area (Å²) in [4.78, 5) is 27.9. The Hall–Kier alpha value is -2.31. The summed E-state index contributed by atoms with van der Waals surface area (Å²) in [7, 11) is 0. The van der Waals surface area contributed by atoms with Gasteiger partial charge in [-0.05, 0) is 37.1 Å². The number of hydrogen-bond acceptors (Lipinski definition) is 4. The van der Waals surface area contributed by atoms with Gasteiger partial charge in [0.25, 0.3) is 5.91 Å². The number of nitrogens with zero attached hydrogens (tertiary/aromatic N) is 1. The van der Waals surface area contributed by atoms with Gasteiger partial charge >= 0.3 is 0 Å². The van der Waals surface area contributed by atoms with Crippen molar-refractivity contribution in [1.82, 2.24) is 10.2 Å². The first-order chi connectivity index (χ1) is 13.1. The van der Waals surface area contributed by atoms with E-state index < -0.39 is 0 Å². The van der Waals surface area contributed by atoms with Crippen LogP contribution in [0.5, 0.6) is 0 Å². The number of benzene rings is 2. The van der Waals surface area contributed by atoms with Crippen molar-refractivity contribution in [2.45, 2.75) is 36.1 Å². The Morgan fingerprint density at radius 1 is 1.26 bits per heavy atom. The standard InChI is InChI=1S/C21H23N3O2S/c1-14-20(25)23-18-11-16(7-8-19(18)27-14)21(26)22-17-9-10-24(13-17)12-15-5-3-2-4-6-15/h2-8,11,14,17H,9-10,12-13H2,1H3,(H,22,26)(H,23,25)/t14-,17-/m1/s1. The van der Waals surface area contributed by atoms with Crippen LogP contribution < -0.4 is 10.6 Å². The average molecular weight is 382 g/mol. The second-order valence-electron chi connectivity index (χ2n) is 7.14. The number of nitrogens with one attached hydrogen (secondary N) is 2. The molecule has 1 fully saturated rings. The number of thioether (sulfide) groups is 1. The van der Waals surface area contributed by atoms with Crippen molar-refractivity contribution in [3.05, 3.63) is 59.7 Å². The molecule has 6 heteroatoms. The summed E-state index contributed by atoms with van der Waals surface area (Å²) < 4.78 is 0. The molecule has 2 atom stereocenters. The van der Waals surface area contributed by atoms with Gasteiger partial charge in [-0.2, -0.15) is 0 Å². The first-order valence-corrected chi connectivity index (χ1v) is 10.1. The molecule has 0 aromatic heterocycles. The van der Waals surface area contributed by atoms with Crippen LogP contribution in [0.1, 0.15) is 29.3 Å². The third-order valence-corrected chi connectivity index (χ3v) is 6.21. The Morgan fingerprint density at radius 2 is 2.07 bits per heavy atom. The lowest BCUT2D eigenvalue weighted by Crippen LogP contribution is -2.37. The van der Waals surface area contributed by atoms with E-state index in [-0.39, 0.29) is 23.1 Å². The number of rotatable bonds is 4. The summed E-state index contributed by atoms with van der Waals surface area (Å²) in [5.74, 6) is -0.0976. The summed E-state index contributed by atoms with van der Waals surface area (Å²) >= 11 is 1.52. The number of fused-ring (bicyclic) bond motifs is 1. The molecule has 0 unspecified atom stereocenters. The summed E-state index contributed by atoms with van der Waals surface area (Å²) in [5.41, 5.74) is 2.61. The van der Waals surface area contributed by atoms with Crippen molar-refractivity contribution in [1.29, 1.82) is 0 Å². The molecule has 2 amide bonds. The highest BCUT2D eigenvalue weighted by Gasteiger charge is 2.26. The Morgan fingerprint density at radius 3 is 2.89 bits per heavy atom. The first-order valence-electron chi connectivity index (χ1n) is 9.27. The molecule has 0 aliphatic carbocycles. The molecule has 5 nitrogen and oxygen atoms in total. The molecule has 2 aromatic rings. The van der Waals surface area contributed by atoms with Gasteiger partial charge < -0.3 is 10.6 Å². The molecule has 2 aliphatic heterocycles. The molecule has 2 aliphatic rings. The van der Waals surface area contributed by atoms with E-state index in [1.54, 1.807) is 6.07 Å². The lowest BCUT2D eigenvalue weighted by atomic mass is 10.1. The van der Waals surface area contributed by atoms with Crippen LogP contribution in [0.15, 0.2) is 53.4 Å². The second-order valence-corrected chi connectivity index (χ2v) is 8.52. The van der Waals surface area contributed by atoms with Crippen molar-refractivity contribution in [2.24, 2.45) is 0 Å². The van der Waals surface area contributed by atoms with Crippen LogP contribution in [0.3, 0.4) is 0 Å². The van der Waals surface area contributed by atoms with E-state index in [4.69, 9.17) is 0 Å². The van der Waals surface area contributed by atoms with E-state index in [0.717, 1.165) is 36.6 Å². The minimum absolute atomic E-state index is 0.0163. The van der Waals surface area contributed by atoms with E-state index in [1.807, 2.05) is 25.1 Å². The Bertz CT molecular complexity index is 856. The molecule has 0 radical (unpaired) electrons. The normalized spacial score (nSPS) is 22.2. The van der Waals surface area contributed by atoms with E-state index in [9.17, 15) is 9.59 Å². The van der Waals surface area contributed by atoms with Gasteiger partial charge in [-0.25, -0.2) is 0 Å². The molecule has 4 rings (SSSR count). The van der Waals surface area contributed by atoms with Crippen molar-refractivity contribution in [2.75, 3.05) is 18.4 Å². The molecule has 0 bridgehead atoms. The summed E-state index contributed by atoms with van der Waals surface area (Å²) in [6, 6.07) is 16.1. The second kappa shape index (κ2) is 7.74. The quantitative estimate of drug-likeness (QED) is 0.854. The highest BCUT2D eigenvalue weighted by atomic mass is 32.2. The van der Waals surface area contributed by atoms with Gasteiger partial charge in [0.05, 0.1) is 10.9 Å². The maximum atomic E-state index is 12.6. The number of anilines is 1. The minimum Gasteiger partial charge on any atom is -0.348 e. The van der Waals surface area contributed by atoms with Gasteiger partial charge in [-0.3, -0.25) is 14.5 Å². The maximum Gasteiger partial charge on any atom is 0.251 e. The van der Waals surface area contributed by atoms with Crippen LogP contribution in [0.25, 0.3) is 0 Å². The molecule has 2 aromatic carbocycles. The van der Waals surface area contributed by atoms with E-state index in [1.165, 1.54) is 17.3 Å². The third kappa shape index (κ3) is 4.17. The van der Waals surface area contributed by atoms with Gasteiger partial charge in [0.2, 0.25) is 5.91 Å². The number of carbonyl (C=O) groups is 2. The molecule has 0 saturated carbocycles. The van der Waals surface area contributed by atoms with Crippen molar-refractivity contribution < 1.29 is 9.59 Å². The highest BCUT2D eigenvalue weighted by Crippen LogP contribution is 2.35. The van der Waals surface area contributed by atoms with Crippen LogP contribution >= 0.6 is 11.8 Å². The zero-order valence-electron chi connectivity index (χ0n) is 15.3.